The van der Waals surface area contributed by atoms with Crippen molar-refractivity contribution in [3.8, 4) is 5.69 Å². The van der Waals surface area contributed by atoms with Gasteiger partial charge in [0.2, 0.25) is 0 Å². The minimum Gasteiger partial charge on any atom is -0.306 e. The lowest BCUT2D eigenvalue weighted by Crippen LogP contribution is -2.19. The van der Waals surface area contributed by atoms with Crippen molar-refractivity contribution in [2.24, 2.45) is 0 Å². The van der Waals surface area contributed by atoms with Crippen LogP contribution in [-0.2, 0) is 6.54 Å². The standard InChI is InChI=1S/C19H18F3N3/c1-12(23-10-14-6-7-16(21)9-19(14)22)18-11-24-25(13(18)2)17-5-3-4-15(20)8-17/h3-9,11-12,23H,10H2,1-2H3/t12-/m0/s1. The van der Waals surface area contributed by atoms with E-state index in [1.54, 1.807) is 23.0 Å². The monoisotopic (exact) mass is 345 g/mol. The fourth-order valence-electron chi connectivity index (χ4n) is 2.75. The lowest BCUT2D eigenvalue weighted by Gasteiger charge is -2.14. The maximum Gasteiger partial charge on any atom is 0.130 e. The molecule has 3 nitrogen and oxygen atoms in total. The largest absolute Gasteiger partial charge is 0.306 e. The molecule has 1 atom stereocenters. The number of hydrogen-bond donors (Lipinski definition) is 1. The van der Waals surface area contributed by atoms with Gasteiger partial charge in [-0.25, -0.2) is 17.9 Å². The molecule has 3 rings (SSSR count). The van der Waals surface area contributed by atoms with E-state index in [1.807, 2.05) is 13.8 Å². The number of halogens is 3. The minimum absolute atomic E-state index is 0.105. The Labute approximate surface area is 144 Å². The van der Waals surface area contributed by atoms with Gasteiger partial charge in [0, 0.05) is 35.5 Å². The highest BCUT2D eigenvalue weighted by Gasteiger charge is 2.15. The van der Waals surface area contributed by atoms with Crippen LogP contribution in [-0.4, -0.2) is 9.78 Å². The molecule has 0 aliphatic rings. The van der Waals surface area contributed by atoms with Crippen LogP contribution in [0.15, 0.2) is 48.7 Å². The van der Waals surface area contributed by atoms with Crippen molar-refractivity contribution in [2.75, 3.05) is 0 Å². The van der Waals surface area contributed by atoms with Gasteiger partial charge in [-0.1, -0.05) is 12.1 Å². The van der Waals surface area contributed by atoms with E-state index in [0.29, 0.717) is 11.3 Å². The number of nitrogens with zero attached hydrogens (tertiary/aromatic N) is 2. The molecule has 0 unspecified atom stereocenters. The molecule has 0 aliphatic heterocycles. The van der Waals surface area contributed by atoms with Crippen LogP contribution >= 0.6 is 0 Å². The minimum atomic E-state index is -0.596. The molecule has 0 saturated heterocycles. The van der Waals surface area contributed by atoms with Gasteiger partial charge in [0.05, 0.1) is 11.9 Å². The Hall–Kier alpha value is -2.60. The summed E-state index contributed by atoms with van der Waals surface area (Å²) in [5.74, 6) is -1.50. The van der Waals surface area contributed by atoms with Crippen LogP contribution in [0.5, 0.6) is 0 Å². The van der Waals surface area contributed by atoms with Crippen LogP contribution in [0.3, 0.4) is 0 Å². The van der Waals surface area contributed by atoms with Crippen molar-refractivity contribution in [1.29, 1.82) is 0 Å². The fraction of sp³-hybridized carbons (Fsp3) is 0.211. The first-order chi connectivity index (χ1) is 12.0. The second-order valence-corrected chi connectivity index (χ2v) is 5.92. The molecule has 25 heavy (non-hydrogen) atoms. The Bertz CT molecular complexity index is 889. The molecule has 1 heterocycles. The lowest BCUT2D eigenvalue weighted by atomic mass is 10.1. The van der Waals surface area contributed by atoms with E-state index in [0.717, 1.165) is 17.3 Å². The van der Waals surface area contributed by atoms with E-state index in [2.05, 4.69) is 10.4 Å². The molecule has 0 bridgehead atoms. The third-order valence-electron chi connectivity index (χ3n) is 4.18. The third kappa shape index (κ3) is 3.74. The smallest absolute Gasteiger partial charge is 0.130 e. The summed E-state index contributed by atoms with van der Waals surface area (Å²) in [6, 6.07) is 9.62. The number of aromatic nitrogens is 2. The van der Waals surface area contributed by atoms with E-state index in [4.69, 9.17) is 0 Å². The molecule has 1 N–H and O–H groups in total. The first-order valence-electron chi connectivity index (χ1n) is 7.93. The summed E-state index contributed by atoms with van der Waals surface area (Å²) in [5, 5.41) is 7.52. The maximum absolute atomic E-state index is 13.7. The number of nitrogens with one attached hydrogen (secondary N) is 1. The van der Waals surface area contributed by atoms with Gasteiger partial charge in [-0.05, 0) is 38.1 Å². The van der Waals surface area contributed by atoms with E-state index in [-0.39, 0.29) is 18.4 Å². The molecule has 6 heteroatoms. The van der Waals surface area contributed by atoms with Crippen molar-refractivity contribution in [3.63, 3.8) is 0 Å². The first-order valence-corrected chi connectivity index (χ1v) is 7.93. The highest BCUT2D eigenvalue weighted by atomic mass is 19.1. The molecule has 0 fully saturated rings. The molecular formula is C19H18F3N3. The van der Waals surface area contributed by atoms with Gasteiger partial charge in [0.15, 0.2) is 0 Å². The second kappa shape index (κ2) is 7.11. The highest BCUT2D eigenvalue weighted by molar-refractivity contribution is 5.36. The molecule has 1 aromatic heterocycles. The van der Waals surface area contributed by atoms with Gasteiger partial charge in [0.25, 0.3) is 0 Å². The molecule has 0 aliphatic carbocycles. The summed E-state index contributed by atoms with van der Waals surface area (Å²) in [5.41, 5.74) is 2.82. The molecule has 0 spiro atoms. The Morgan fingerprint density at radius 3 is 2.56 bits per heavy atom. The van der Waals surface area contributed by atoms with Crippen LogP contribution in [0.25, 0.3) is 5.69 Å². The highest BCUT2D eigenvalue weighted by Crippen LogP contribution is 2.21. The molecule has 130 valence electrons. The number of hydrogen-bond acceptors (Lipinski definition) is 2. The van der Waals surface area contributed by atoms with E-state index >= 15 is 0 Å². The number of benzene rings is 2. The molecule has 2 aromatic carbocycles. The van der Waals surface area contributed by atoms with Crippen LogP contribution in [0.2, 0.25) is 0 Å². The van der Waals surface area contributed by atoms with Crippen molar-refractivity contribution in [2.45, 2.75) is 26.4 Å². The van der Waals surface area contributed by atoms with Gasteiger partial charge in [-0.2, -0.15) is 5.10 Å². The van der Waals surface area contributed by atoms with Crippen LogP contribution < -0.4 is 5.32 Å². The number of rotatable bonds is 5. The summed E-state index contributed by atoms with van der Waals surface area (Å²) in [6.45, 7) is 4.09. The average molecular weight is 345 g/mol. The predicted molar refractivity (Wildman–Crippen MR) is 89.9 cm³/mol. The molecule has 0 saturated carbocycles. The summed E-state index contributed by atoms with van der Waals surface area (Å²) in [7, 11) is 0. The molecule has 0 amide bonds. The first kappa shape index (κ1) is 17.2. The van der Waals surface area contributed by atoms with Crippen molar-refractivity contribution >= 4 is 0 Å². The van der Waals surface area contributed by atoms with E-state index in [9.17, 15) is 13.2 Å². The van der Waals surface area contributed by atoms with Gasteiger partial charge in [-0.15, -0.1) is 0 Å². The van der Waals surface area contributed by atoms with Gasteiger partial charge < -0.3 is 5.32 Å². The van der Waals surface area contributed by atoms with Crippen molar-refractivity contribution < 1.29 is 13.2 Å². The topological polar surface area (TPSA) is 29.9 Å². The van der Waals surface area contributed by atoms with Crippen LogP contribution in [0.1, 0.15) is 29.8 Å². The van der Waals surface area contributed by atoms with Gasteiger partial charge in [0.1, 0.15) is 17.5 Å². The van der Waals surface area contributed by atoms with Crippen molar-refractivity contribution in [3.05, 3.63) is 82.9 Å². The Morgan fingerprint density at radius 1 is 1.08 bits per heavy atom. The third-order valence-corrected chi connectivity index (χ3v) is 4.18. The summed E-state index contributed by atoms with van der Waals surface area (Å²) < 4.78 is 41.7. The van der Waals surface area contributed by atoms with E-state index in [1.165, 1.54) is 24.3 Å². The Morgan fingerprint density at radius 2 is 1.84 bits per heavy atom. The SMILES string of the molecule is Cc1c([C@H](C)NCc2ccc(F)cc2F)cnn1-c1cccc(F)c1. The maximum atomic E-state index is 13.7. The summed E-state index contributed by atoms with van der Waals surface area (Å²) in [6.07, 6.45) is 1.71. The fourth-order valence-corrected chi connectivity index (χ4v) is 2.75. The summed E-state index contributed by atoms with van der Waals surface area (Å²) >= 11 is 0. The lowest BCUT2D eigenvalue weighted by molar-refractivity contribution is 0.532. The molecular weight excluding hydrogens is 327 g/mol. The molecule has 0 radical (unpaired) electrons. The Balaban J connectivity index is 1.76. The zero-order chi connectivity index (χ0) is 18.0. The second-order valence-electron chi connectivity index (χ2n) is 5.92. The van der Waals surface area contributed by atoms with E-state index < -0.39 is 11.6 Å². The summed E-state index contributed by atoms with van der Waals surface area (Å²) in [4.78, 5) is 0. The Kier molecular flexibility index (Phi) is 4.90. The average Bonchev–Trinajstić information content (AvgIpc) is 2.95. The normalized spacial score (nSPS) is 12.4. The van der Waals surface area contributed by atoms with Crippen LogP contribution in [0.4, 0.5) is 13.2 Å². The quantitative estimate of drug-likeness (QED) is 0.740. The van der Waals surface area contributed by atoms with Gasteiger partial charge in [-0.3, -0.25) is 0 Å². The van der Waals surface area contributed by atoms with Crippen molar-refractivity contribution in [1.82, 2.24) is 15.1 Å². The zero-order valence-electron chi connectivity index (χ0n) is 13.9. The zero-order valence-corrected chi connectivity index (χ0v) is 13.9. The predicted octanol–water partition coefficient (Wildman–Crippen LogP) is 4.45. The molecule has 3 aromatic rings. The van der Waals surface area contributed by atoms with Gasteiger partial charge >= 0.3 is 0 Å². The van der Waals surface area contributed by atoms with Crippen LogP contribution in [0, 0.1) is 24.4 Å².